The summed E-state index contributed by atoms with van der Waals surface area (Å²) in [5.41, 5.74) is 3.23. The van der Waals surface area contributed by atoms with Crippen LogP contribution in [-0.4, -0.2) is 49.1 Å². The van der Waals surface area contributed by atoms with Crippen LogP contribution in [0.2, 0.25) is 0 Å². The molecular formula is C23H31N3O2. The molecule has 1 saturated heterocycles. The number of carbonyl (C=O) groups excluding carboxylic acids is 1. The summed E-state index contributed by atoms with van der Waals surface area (Å²) in [6.45, 7) is 7.79. The lowest BCUT2D eigenvalue weighted by atomic mass is 10.1. The van der Waals surface area contributed by atoms with Crippen LogP contribution >= 0.6 is 0 Å². The van der Waals surface area contributed by atoms with E-state index in [1.165, 1.54) is 0 Å². The molecule has 0 spiro atoms. The number of para-hydroxylation sites is 1. The van der Waals surface area contributed by atoms with Gasteiger partial charge in [-0.25, -0.2) is 4.98 Å². The molecule has 1 aromatic heterocycles. The summed E-state index contributed by atoms with van der Waals surface area (Å²) >= 11 is 0. The van der Waals surface area contributed by atoms with Gasteiger partial charge in [0.15, 0.2) is 0 Å². The van der Waals surface area contributed by atoms with Crippen molar-refractivity contribution in [3.63, 3.8) is 0 Å². The van der Waals surface area contributed by atoms with Crippen molar-refractivity contribution >= 4 is 22.6 Å². The Morgan fingerprint density at radius 1 is 1.39 bits per heavy atom. The normalized spacial score (nSPS) is 16.3. The Morgan fingerprint density at radius 3 is 2.89 bits per heavy atom. The molecule has 1 aromatic carbocycles. The summed E-state index contributed by atoms with van der Waals surface area (Å²) in [7, 11) is 4.00. The van der Waals surface area contributed by atoms with Gasteiger partial charge in [0.05, 0.1) is 11.6 Å². The average Bonchev–Trinajstić information content (AvgIpc) is 3.18. The summed E-state index contributed by atoms with van der Waals surface area (Å²) in [6, 6.07) is 8.39. The van der Waals surface area contributed by atoms with E-state index in [-0.39, 0.29) is 12.0 Å². The first-order valence-electron chi connectivity index (χ1n) is 10.1. The van der Waals surface area contributed by atoms with Gasteiger partial charge in [-0.3, -0.25) is 4.79 Å². The molecule has 1 aliphatic heterocycles. The summed E-state index contributed by atoms with van der Waals surface area (Å²) in [5.74, 6) is 1.06. The van der Waals surface area contributed by atoms with E-state index in [1.54, 1.807) is 6.08 Å². The molecule has 150 valence electrons. The lowest BCUT2D eigenvalue weighted by Crippen LogP contribution is -2.37. The van der Waals surface area contributed by atoms with Gasteiger partial charge >= 0.3 is 0 Å². The molecule has 1 fully saturated rings. The van der Waals surface area contributed by atoms with Crippen molar-refractivity contribution in [1.29, 1.82) is 0 Å². The highest BCUT2D eigenvalue weighted by Gasteiger charge is 2.24. The first kappa shape index (κ1) is 20.3. The number of nitrogens with zero attached hydrogens (tertiary/aromatic N) is 3. The molecule has 0 unspecified atom stereocenters. The van der Waals surface area contributed by atoms with Gasteiger partial charge in [-0.05, 0) is 37.8 Å². The van der Waals surface area contributed by atoms with Crippen molar-refractivity contribution in [1.82, 2.24) is 9.88 Å². The highest BCUT2D eigenvalue weighted by Crippen LogP contribution is 2.26. The Morgan fingerprint density at radius 2 is 2.21 bits per heavy atom. The third kappa shape index (κ3) is 4.71. The van der Waals surface area contributed by atoms with Crippen LogP contribution < -0.4 is 4.90 Å². The second-order valence-corrected chi connectivity index (χ2v) is 7.75. The zero-order valence-corrected chi connectivity index (χ0v) is 17.3. The molecule has 0 N–H and O–H groups in total. The topological polar surface area (TPSA) is 45.7 Å². The monoisotopic (exact) mass is 381 g/mol. The van der Waals surface area contributed by atoms with E-state index in [1.807, 2.05) is 23.9 Å². The van der Waals surface area contributed by atoms with Gasteiger partial charge in [-0.1, -0.05) is 24.3 Å². The molecule has 5 nitrogen and oxygen atoms in total. The molecule has 28 heavy (non-hydrogen) atoms. The quantitative estimate of drug-likeness (QED) is 0.646. The second-order valence-electron chi connectivity index (χ2n) is 7.75. The number of carbonyl (C=O) groups is 1. The molecule has 5 heteroatoms. The number of allylic oxidation sites excluding steroid dienone is 1. The van der Waals surface area contributed by atoms with E-state index in [2.05, 4.69) is 37.8 Å². The van der Waals surface area contributed by atoms with Crippen molar-refractivity contribution in [2.45, 2.75) is 45.3 Å². The van der Waals surface area contributed by atoms with E-state index in [0.29, 0.717) is 25.9 Å². The van der Waals surface area contributed by atoms with E-state index < -0.39 is 0 Å². The van der Waals surface area contributed by atoms with Crippen LogP contribution in [0.1, 0.15) is 36.8 Å². The minimum absolute atomic E-state index is 0.131. The molecule has 0 aliphatic carbocycles. The van der Waals surface area contributed by atoms with Crippen LogP contribution in [0.25, 0.3) is 10.9 Å². The van der Waals surface area contributed by atoms with Gasteiger partial charge in [0.1, 0.15) is 5.82 Å². The summed E-state index contributed by atoms with van der Waals surface area (Å²) < 4.78 is 5.80. The molecule has 2 aromatic rings. The number of anilines is 1. The molecule has 0 bridgehead atoms. The summed E-state index contributed by atoms with van der Waals surface area (Å²) in [4.78, 5) is 21.8. The lowest BCUT2D eigenvalue weighted by Gasteiger charge is -2.27. The first-order valence-corrected chi connectivity index (χ1v) is 10.1. The Bertz CT molecular complexity index is 841. The maximum Gasteiger partial charge on any atom is 0.223 e. The van der Waals surface area contributed by atoms with E-state index >= 15 is 0 Å². The minimum Gasteiger partial charge on any atom is -0.376 e. The summed E-state index contributed by atoms with van der Waals surface area (Å²) in [6.07, 6.45) is 5.18. The molecular weight excluding hydrogens is 350 g/mol. The molecule has 0 radical (unpaired) electrons. The van der Waals surface area contributed by atoms with Crippen LogP contribution in [0.5, 0.6) is 0 Å². The fourth-order valence-corrected chi connectivity index (χ4v) is 3.76. The zero-order chi connectivity index (χ0) is 20.1. The number of ether oxygens (including phenoxy) is 1. The number of aryl methyl sites for hydroxylation is 1. The molecule has 1 amide bonds. The number of hydrogen-bond acceptors (Lipinski definition) is 4. The van der Waals surface area contributed by atoms with Gasteiger partial charge in [0.25, 0.3) is 0 Å². The predicted octanol–water partition coefficient (Wildman–Crippen LogP) is 4.08. The van der Waals surface area contributed by atoms with Crippen molar-refractivity contribution in [3.8, 4) is 0 Å². The fourth-order valence-electron chi connectivity index (χ4n) is 3.76. The zero-order valence-electron chi connectivity index (χ0n) is 17.3. The van der Waals surface area contributed by atoms with Gasteiger partial charge in [-0.2, -0.15) is 0 Å². The second kappa shape index (κ2) is 9.20. The number of rotatable bonds is 8. The van der Waals surface area contributed by atoms with Crippen LogP contribution in [0.3, 0.4) is 0 Å². The Balaban J connectivity index is 1.93. The Hall–Kier alpha value is -2.40. The molecule has 3 rings (SSSR count). The van der Waals surface area contributed by atoms with Gasteiger partial charge in [0.2, 0.25) is 5.91 Å². The number of fused-ring (bicyclic) bond motifs is 1. The number of aromatic nitrogens is 1. The van der Waals surface area contributed by atoms with Gasteiger partial charge in [-0.15, -0.1) is 6.58 Å². The summed E-state index contributed by atoms with van der Waals surface area (Å²) in [5, 5.41) is 1.11. The minimum atomic E-state index is 0.131. The van der Waals surface area contributed by atoms with Crippen LogP contribution in [0.4, 0.5) is 5.82 Å². The predicted molar refractivity (Wildman–Crippen MR) is 115 cm³/mol. The van der Waals surface area contributed by atoms with Crippen LogP contribution in [-0.2, 0) is 16.1 Å². The molecule has 1 aliphatic rings. The highest BCUT2D eigenvalue weighted by molar-refractivity contribution is 5.85. The number of benzene rings is 1. The third-order valence-electron chi connectivity index (χ3n) is 5.25. The maximum absolute atomic E-state index is 12.9. The van der Waals surface area contributed by atoms with Crippen molar-refractivity contribution in [2.24, 2.45) is 0 Å². The first-order chi connectivity index (χ1) is 13.5. The largest absolute Gasteiger partial charge is 0.376 e. The molecule has 1 atom stereocenters. The SMILES string of the molecule is C=CCCC(=O)N(Cc1cc2cccc(C)c2nc1N(C)C)C[C@H]1CCCO1. The number of pyridine rings is 1. The van der Waals surface area contributed by atoms with E-state index in [4.69, 9.17) is 9.72 Å². The maximum atomic E-state index is 12.9. The van der Waals surface area contributed by atoms with Gasteiger partial charge in [0, 0.05) is 51.2 Å². The van der Waals surface area contributed by atoms with Crippen molar-refractivity contribution in [3.05, 3.63) is 48.0 Å². The van der Waals surface area contributed by atoms with E-state index in [0.717, 1.165) is 47.3 Å². The average molecular weight is 382 g/mol. The lowest BCUT2D eigenvalue weighted by molar-refractivity contribution is -0.133. The Labute approximate surface area is 168 Å². The molecule has 0 saturated carbocycles. The van der Waals surface area contributed by atoms with Gasteiger partial charge < -0.3 is 14.5 Å². The molecule has 2 heterocycles. The van der Waals surface area contributed by atoms with Crippen molar-refractivity contribution < 1.29 is 9.53 Å². The Kier molecular flexibility index (Phi) is 6.68. The van der Waals surface area contributed by atoms with E-state index in [9.17, 15) is 4.79 Å². The van der Waals surface area contributed by atoms with Crippen LogP contribution in [0.15, 0.2) is 36.9 Å². The van der Waals surface area contributed by atoms with Crippen molar-refractivity contribution in [2.75, 3.05) is 32.1 Å². The smallest absolute Gasteiger partial charge is 0.223 e. The fraction of sp³-hybridized carbons (Fsp3) is 0.478. The number of hydrogen-bond donors (Lipinski definition) is 0. The van der Waals surface area contributed by atoms with Crippen LogP contribution in [0, 0.1) is 6.92 Å². The third-order valence-corrected chi connectivity index (χ3v) is 5.25. The number of amides is 1. The highest BCUT2D eigenvalue weighted by atomic mass is 16.5. The standard InChI is InChI=1S/C23H31N3O2/c1-5-6-12-21(27)26(16-20-11-8-13-28-20)15-19-14-18-10-7-9-17(2)22(18)24-23(19)25(3)4/h5,7,9-10,14,20H,1,6,8,11-13,15-16H2,2-4H3/t20-/m1/s1.